The minimum Gasteiger partial charge on any atom is -0.485 e. The SMILES string of the molecule is Nc1ncc(Cl)cc1OCc1c(F)cccc1Cl. The summed E-state index contributed by atoms with van der Waals surface area (Å²) in [4.78, 5) is 3.83. The Labute approximate surface area is 113 Å². The highest BCUT2D eigenvalue weighted by Crippen LogP contribution is 2.26. The molecule has 2 aromatic rings. The number of halogens is 3. The standard InChI is InChI=1S/C12H9Cl2FN2O/c13-7-4-11(12(16)17-5-7)18-6-8-9(14)2-1-3-10(8)15/h1-5H,6H2,(H2,16,17). The molecule has 6 heteroatoms. The van der Waals surface area contributed by atoms with Crippen LogP contribution in [0.3, 0.4) is 0 Å². The van der Waals surface area contributed by atoms with E-state index >= 15 is 0 Å². The summed E-state index contributed by atoms with van der Waals surface area (Å²) in [6.07, 6.45) is 1.40. The maximum Gasteiger partial charge on any atom is 0.166 e. The summed E-state index contributed by atoms with van der Waals surface area (Å²) < 4.78 is 18.9. The van der Waals surface area contributed by atoms with Crippen molar-refractivity contribution in [3.8, 4) is 5.75 Å². The molecule has 0 atom stereocenters. The zero-order valence-electron chi connectivity index (χ0n) is 9.16. The van der Waals surface area contributed by atoms with Gasteiger partial charge in [-0.05, 0) is 12.1 Å². The molecule has 0 saturated carbocycles. The normalized spacial score (nSPS) is 10.4. The van der Waals surface area contributed by atoms with Crippen LogP contribution in [-0.2, 0) is 6.61 Å². The van der Waals surface area contributed by atoms with Crippen LogP contribution in [0.15, 0.2) is 30.5 Å². The highest BCUT2D eigenvalue weighted by molar-refractivity contribution is 6.31. The predicted octanol–water partition coefficient (Wildman–Crippen LogP) is 3.69. The quantitative estimate of drug-likeness (QED) is 0.936. The summed E-state index contributed by atoms with van der Waals surface area (Å²) in [5.74, 6) is 0.0461. The molecule has 94 valence electrons. The number of nitrogens with zero attached hydrogens (tertiary/aromatic N) is 1. The summed E-state index contributed by atoms with van der Waals surface area (Å²) in [7, 11) is 0. The first-order valence-electron chi connectivity index (χ1n) is 5.04. The Balaban J connectivity index is 2.19. The van der Waals surface area contributed by atoms with E-state index in [2.05, 4.69) is 4.98 Å². The Morgan fingerprint density at radius 3 is 2.83 bits per heavy atom. The molecule has 0 saturated heterocycles. The fourth-order valence-electron chi connectivity index (χ4n) is 1.37. The molecule has 0 amide bonds. The highest BCUT2D eigenvalue weighted by atomic mass is 35.5. The summed E-state index contributed by atoms with van der Waals surface area (Å²) >= 11 is 11.6. The number of benzene rings is 1. The number of nitrogens with two attached hydrogens (primary N) is 1. The van der Waals surface area contributed by atoms with Crippen molar-refractivity contribution in [3.05, 3.63) is 51.9 Å². The number of anilines is 1. The molecule has 18 heavy (non-hydrogen) atoms. The summed E-state index contributed by atoms with van der Waals surface area (Å²) in [5.41, 5.74) is 5.87. The maximum absolute atomic E-state index is 13.5. The number of nitrogen functional groups attached to an aromatic ring is 1. The second kappa shape index (κ2) is 5.42. The number of rotatable bonds is 3. The molecule has 1 aromatic heterocycles. The second-order valence-electron chi connectivity index (χ2n) is 3.53. The minimum atomic E-state index is -0.434. The van der Waals surface area contributed by atoms with E-state index in [4.69, 9.17) is 33.7 Å². The molecule has 1 aromatic carbocycles. The largest absolute Gasteiger partial charge is 0.485 e. The number of hydrogen-bond donors (Lipinski definition) is 1. The third kappa shape index (κ3) is 2.83. The van der Waals surface area contributed by atoms with E-state index in [9.17, 15) is 4.39 Å². The van der Waals surface area contributed by atoms with Crippen LogP contribution in [0.25, 0.3) is 0 Å². The average Bonchev–Trinajstić information content (AvgIpc) is 2.33. The van der Waals surface area contributed by atoms with Crippen molar-refractivity contribution in [1.82, 2.24) is 4.98 Å². The zero-order valence-corrected chi connectivity index (χ0v) is 10.7. The molecular formula is C12H9Cl2FN2O. The van der Waals surface area contributed by atoms with Gasteiger partial charge >= 0.3 is 0 Å². The third-order valence-corrected chi connectivity index (χ3v) is 2.84. The van der Waals surface area contributed by atoms with Crippen LogP contribution in [0, 0.1) is 5.82 Å². The van der Waals surface area contributed by atoms with Crippen LogP contribution in [0.2, 0.25) is 10.0 Å². The lowest BCUT2D eigenvalue weighted by atomic mass is 10.2. The third-order valence-electron chi connectivity index (χ3n) is 2.28. The van der Waals surface area contributed by atoms with Gasteiger partial charge in [-0.3, -0.25) is 0 Å². The van der Waals surface area contributed by atoms with Gasteiger partial charge in [-0.2, -0.15) is 0 Å². The van der Waals surface area contributed by atoms with Crippen LogP contribution in [0.5, 0.6) is 5.75 Å². The van der Waals surface area contributed by atoms with Gasteiger partial charge in [0, 0.05) is 17.8 Å². The van der Waals surface area contributed by atoms with Gasteiger partial charge in [0.05, 0.1) is 10.0 Å². The topological polar surface area (TPSA) is 48.1 Å². The number of ether oxygens (including phenoxy) is 1. The van der Waals surface area contributed by atoms with E-state index in [1.165, 1.54) is 24.4 Å². The molecule has 3 nitrogen and oxygen atoms in total. The van der Waals surface area contributed by atoms with Gasteiger partial charge in [0.25, 0.3) is 0 Å². The van der Waals surface area contributed by atoms with Crippen molar-refractivity contribution in [1.29, 1.82) is 0 Å². The number of aromatic nitrogens is 1. The Morgan fingerprint density at radius 2 is 2.11 bits per heavy atom. The Kier molecular flexibility index (Phi) is 3.89. The molecule has 0 aliphatic rings. The smallest absolute Gasteiger partial charge is 0.166 e. The monoisotopic (exact) mass is 286 g/mol. The van der Waals surface area contributed by atoms with E-state index in [1.807, 2.05) is 0 Å². The lowest BCUT2D eigenvalue weighted by Crippen LogP contribution is -2.02. The first-order chi connectivity index (χ1) is 8.58. The predicted molar refractivity (Wildman–Crippen MR) is 69.4 cm³/mol. The van der Waals surface area contributed by atoms with Gasteiger partial charge in [-0.15, -0.1) is 0 Å². The van der Waals surface area contributed by atoms with E-state index in [0.29, 0.717) is 15.8 Å². The van der Waals surface area contributed by atoms with E-state index < -0.39 is 5.82 Å². The van der Waals surface area contributed by atoms with Crippen molar-refractivity contribution >= 4 is 29.0 Å². The van der Waals surface area contributed by atoms with Crippen LogP contribution in [0.4, 0.5) is 10.2 Å². The Morgan fingerprint density at radius 1 is 1.33 bits per heavy atom. The Hall–Kier alpha value is -1.52. The summed E-state index contributed by atoms with van der Waals surface area (Å²) in [6, 6.07) is 5.93. The van der Waals surface area contributed by atoms with Gasteiger partial charge in [0.2, 0.25) is 0 Å². The van der Waals surface area contributed by atoms with Crippen molar-refractivity contribution < 1.29 is 9.13 Å². The zero-order chi connectivity index (χ0) is 13.1. The molecule has 0 spiro atoms. The summed E-state index contributed by atoms with van der Waals surface area (Å²) in [5, 5.41) is 0.683. The molecular weight excluding hydrogens is 278 g/mol. The average molecular weight is 287 g/mol. The Bertz CT molecular complexity index is 558. The molecule has 2 rings (SSSR count). The van der Waals surface area contributed by atoms with Gasteiger partial charge in [0.15, 0.2) is 11.6 Å². The van der Waals surface area contributed by atoms with Crippen molar-refractivity contribution in [2.75, 3.05) is 5.73 Å². The van der Waals surface area contributed by atoms with Crippen LogP contribution in [0.1, 0.15) is 5.56 Å². The molecule has 0 fully saturated rings. The summed E-state index contributed by atoms with van der Waals surface area (Å²) in [6.45, 7) is -0.0439. The molecule has 0 aliphatic carbocycles. The van der Waals surface area contributed by atoms with Crippen LogP contribution < -0.4 is 10.5 Å². The highest BCUT2D eigenvalue weighted by Gasteiger charge is 2.09. The molecule has 0 radical (unpaired) electrons. The van der Waals surface area contributed by atoms with Gasteiger partial charge in [-0.25, -0.2) is 9.37 Å². The molecule has 2 N–H and O–H groups in total. The van der Waals surface area contributed by atoms with Crippen LogP contribution in [-0.4, -0.2) is 4.98 Å². The number of pyridine rings is 1. The van der Waals surface area contributed by atoms with Gasteiger partial charge < -0.3 is 10.5 Å². The second-order valence-corrected chi connectivity index (χ2v) is 4.37. The van der Waals surface area contributed by atoms with E-state index in [-0.39, 0.29) is 18.0 Å². The van der Waals surface area contributed by atoms with E-state index in [0.717, 1.165) is 0 Å². The fraction of sp³-hybridized carbons (Fsp3) is 0.0833. The maximum atomic E-state index is 13.5. The van der Waals surface area contributed by atoms with E-state index in [1.54, 1.807) is 6.07 Å². The molecule has 0 aliphatic heterocycles. The molecule has 1 heterocycles. The molecule has 0 bridgehead atoms. The first-order valence-corrected chi connectivity index (χ1v) is 5.80. The van der Waals surface area contributed by atoms with Gasteiger partial charge in [0.1, 0.15) is 12.4 Å². The first kappa shape index (κ1) is 12.9. The lowest BCUT2D eigenvalue weighted by Gasteiger charge is -2.10. The van der Waals surface area contributed by atoms with Crippen molar-refractivity contribution in [2.24, 2.45) is 0 Å². The minimum absolute atomic E-state index is 0.0439. The number of hydrogen-bond acceptors (Lipinski definition) is 3. The van der Waals surface area contributed by atoms with Crippen LogP contribution >= 0.6 is 23.2 Å². The van der Waals surface area contributed by atoms with Gasteiger partial charge in [-0.1, -0.05) is 29.3 Å². The lowest BCUT2D eigenvalue weighted by molar-refractivity contribution is 0.300. The van der Waals surface area contributed by atoms with Crippen molar-refractivity contribution in [3.63, 3.8) is 0 Å². The van der Waals surface area contributed by atoms with Crippen molar-refractivity contribution in [2.45, 2.75) is 6.61 Å². The fourth-order valence-corrected chi connectivity index (χ4v) is 1.73. The molecule has 0 unspecified atom stereocenters.